The molecule has 3 rings (SSSR count). The van der Waals surface area contributed by atoms with E-state index in [9.17, 15) is 4.79 Å². The number of carbonyl (C=O) groups is 1. The first-order valence-corrected chi connectivity index (χ1v) is 8.29. The topological polar surface area (TPSA) is 72.9 Å². The van der Waals surface area contributed by atoms with Gasteiger partial charge in [-0.15, -0.1) is 0 Å². The molecule has 2 heterocycles. The van der Waals surface area contributed by atoms with Gasteiger partial charge in [0.15, 0.2) is 10.8 Å². The van der Waals surface area contributed by atoms with Crippen molar-refractivity contribution in [1.82, 2.24) is 19.3 Å². The number of aromatic nitrogens is 4. The molecule has 7 heteroatoms. The van der Waals surface area contributed by atoms with E-state index in [1.54, 1.807) is 0 Å². The van der Waals surface area contributed by atoms with E-state index in [4.69, 9.17) is 5.11 Å². The second kappa shape index (κ2) is 5.71. The first-order valence-electron chi connectivity index (χ1n) is 7.30. The van der Waals surface area contributed by atoms with Crippen LogP contribution in [-0.2, 0) is 18.4 Å². The fourth-order valence-electron chi connectivity index (χ4n) is 2.70. The smallest absolute Gasteiger partial charge is 0.313 e. The molecule has 1 saturated carbocycles. The molecular weight excluding hydrogens is 288 g/mol. The van der Waals surface area contributed by atoms with Gasteiger partial charge >= 0.3 is 5.97 Å². The number of nitrogens with zero attached hydrogens (tertiary/aromatic N) is 4. The molecule has 1 N–H and O–H groups in total. The Balaban J connectivity index is 1.86. The summed E-state index contributed by atoms with van der Waals surface area (Å²) in [5.41, 5.74) is 2.78. The highest BCUT2D eigenvalue weighted by Crippen LogP contribution is 2.34. The van der Waals surface area contributed by atoms with E-state index in [2.05, 4.69) is 14.6 Å². The van der Waals surface area contributed by atoms with Crippen molar-refractivity contribution >= 4 is 28.9 Å². The summed E-state index contributed by atoms with van der Waals surface area (Å²) < 4.78 is 3.98. The molecule has 0 aliphatic heterocycles. The molecule has 0 bridgehead atoms. The lowest BCUT2D eigenvalue weighted by Crippen LogP contribution is -2.07. The van der Waals surface area contributed by atoms with Crippen molar-refractivity contribution in [3.63, 3.8) is 0 Å². The zero-order valence-electron chi connectivity index (χ0n) is 12.4. The summed E-state index contributed by atoms with van der Waals surface area (Å²) in [5, 5.41) is 14.1. The van der Waals surface area contributed by atoms with Gasteiger partial charge in [-0.3, -0.25) is 9.48 Å². The molecule has 114 valence electrons. The molecule has 1 aliphatic rings. The summed E-state index contributed by atoms with van der Waals surface area (Å²) in [6.07, 6.45) is 5.09. The second-order valence-corrected chi connectivity index (χ2v) is 6.64. The van der Waals surface area contributed by atoms with E-state index in [1.807, 2.05) is 18.7 Å². The van der Waals surface area contributed by atoms with E-state index in [-0.39, 0.29) is 5.75 Å². The van der Waals surface area contributed by atoms with Gasteiger partial charge in [-0.05, 0) is 25.7 Å². The number of imidazole rings is 1. The number of hydrogen-bond donors (Lipinski definition) is 1. The number of aryl methyl sites for hydroxylation is 3. The molecule has 0 aromatic carbocycles. The minimum absolute atomic E-state index is 0.0401. The Bertz CT molecular complexity index is 672. The number of aliphatic carboxylic acids is 1. The maximum absolute atomic E-state index is 10.8. The zero-order chi connectivity index (χ0) is 15.0. The van der Waals surface area contributed by atoms with Crippen LogP contribution in [0.15, 0.2) is 5.16 Å². The van der Waals surface area contributed by atoms with Gasteiger partial charge in [0.2, 0.25) is 0 Å². The molecule has 0 radical (unpaired) electrons. The van der Waals surface area contributed by atoms with Crippen LogP contribution in [0.1, 0.15) is 31.4 Å². The highest BCUT2D eigenvalue weighted by Gasteiger charge is 2.22. The maximum atomic E-state index is 10.8. The third kappa shape index (κ3) is 3.07. The van der Waals surface area contributed by atoms with Crippen LogP contribution in [0.4, 0.5) is 0 Å². The minimum atomic E-state index is -0.813. The normalized spacial score (nSPS) is 15.0. The van der Waals surface area contributed by atoms with E-state index in [1.165, 1.54) is 31.0 Å². The first-order chi connectivity index (χ1) is 10.1. The molecule has 2 aromatic heterocycles. The summed E-state index contributed by atoms with van der Waals surface area (Å²) in [4.78, 5) is 15.4. The summed E-state index contributed by atoms with van der Waals surface area (Å²) in [6.45, 7) is 2.82. The van der Waals surface area contributed by atoms with Gasteiger partial charge in [-0.1, -0.05) is 24.6 Å². The maximum Gasteiger partial charge on any atom is 0.313 e. The summed E-state index contributed by atoms with van der Waals surface area (Å²) in [6, 6.07) is 0. The van der Waals surface area contributed by atoms with E-state index < -0.39 is 5.97 Å². The van der Waals surface area contributed by atoms with Gasteiger partial charge in [-0.25, -0.2) is 4.98 Å². The Kier molecular flexibility index (Phi) is 3.93. The molecule has 0 unspecified atom stereocenters. The predicted molar refractivity (Wildman–Crippen MR) is 81.6 cm³/mol. The average molecular weight is 308 g/mol. The van der Waals surface area contributed by atoms with Gasteiger partial charge in [0, 0.05) is 13.6 Å². The summed E-state index contributed by atoms with van der Waals surface area (Å²) >= 11 is 1.29. The molecule has 0 atom stereocenters. The number of hydrogen-bond acceptors (Lipinski definition) is 4. The Morgan fingerprint density at radius 3 is 2.90 bits per heavy atom. The van der Waals surface area contributed by atoms with Gasteiger partial charge in [0.25, 0.3) is 0 Å². The van der Waals surface area contributed by atoms with Gasteiger partial charge in [0.1, 0.15) is 5.52 Å². The lowest BCUT2D eigenvalue weighted by molar-refractivity contribution is -0.133. The monoisotopic (exact) mass is 308 g/mol. The molecule has 1 fully saturated rings. The highest BCUT2D eigenvalue weighted by atomic mass is 32.2. The van der Waals surface area contributed by atoms with Crippen molar-refractivity contribution in [2.45, 2.75) is 44.3 Å². The van der Waals surface area contributed by atoms with Gasteiger partial charge < -0.3 is 9.67 Å². The van der Waals surface area contributed by atoms with Crippen LogP contribution >= 0.6 is 11.8 Å². The van der Waals surface area contributed by atoms with Crippen molar-refractivity contribution in [3.8, 4) is 0 Å². The zero-order valence-corrected chi connectivity index (χ0v) is 13.2. The lowest BCUT2D eigenvalue weighted by Gasteiger charge is -2.08. The summed E-state index contributed by atoms with van der Waals surface area (Å²) in [5.74, 6) is 0.136. The van der Waals surface area contributed by atoms with Crippen LogP contribution < -0.4 is 0 Å². The first kappa shape index (κ1) is 14.4. The number of fused-ring (bicyclic) bond motifs is 1. The lowest BCUT2D eigenvalue weighted by atomic mass is 10.2. The standard InChI is InChI=1S/C14H20N4O2S/c1-9-12-13(17(2)16-9)18(7-3-4-10-5-6-10)14(15-12)21-8-11(19)20/h10H,3-8H2,1-2H3,(H,19,20). The van der Waals surface area contributed by atoms with Crippen LogP contribution in [0.5, 0.6) is 0 Å². The largest absolute Gasteiger partial charge is 0.481 e. The molecule has 21 heavy (non-hydrogen) atoms. The second-order valence-electron chi connectivity index (χ2n) is 5.70. The van der Waals surface area contributed by atoms with E-state index in [0.717, 1.165) is 40.9 Å². The minimum Gasteiger partial charge on any atom is -0.481 e. The molecule has 1 aliphatic carbocycles. The van der Waals surface area contributed by atoms with Crippen LogP contribution in [-0.4, -0.2) is 36.2 Å². The SMILES string of the molecule is Cc1nn(C)c2c1nc(SCC(=O)O)n2CCCC1CC1. The van der Waals surface area contributed by atoms with Crippen molar-refractivity contribution < 1.29 is 9.90 Å². The molecule has 2 aromatic rings. The molecular formula is C14H20N4O2S. The molecule has 0 amide bonds. The number of carboxylic acid groups (broad SMARTS) is 1. The van der Waals surface area contributed by atoms with Gasteiger partial charge in [0.05, 0.1) is 11.4 Å². The molecule has 6 nitrogen and oxygen atoms in total. The van der Waals surface area contributed by atoms with Crippen LogP contribution in [0.2, 0.25) is 0 Å². The third-order valence-corrected chi connectivity index (χ3v) is 4.83. The number of thioether (sulfide) groups is 1. The van der Waals surface area contributed by atoms with Crippen LogP contribution in [0.25, 0.3) is 11.2 Å². The van der Waals surface area contributed by atoms with Crippen molar-refractivity contribution in [3.05, 3.63) is 5.69 Å². The fourth-order valence-corrected chi connectivity index (χ4v) is 3.44. The van der Waals surface area contributed by atoms with Crippen molar-refractivity contribution in [1.29, 1.82) is 0 Å². The third-order valence-electron chi connectivity index (χ3n) is 3.87. The van der Waals surface area contributed by atoms with E-state index in [0.29, 0.717) is 0 Å². The molecule has 0 saturated heterocycles. The van der Waals surface area contributed by atoms with Crippen LogP contribution in [0, 0.1) is 12.8 Å². The summed E-state index contributed by atoms with van der Waals surface area (Å²) in [7, 11) is 1.92. The Morgan fingerprint density at radius 1 is 1.48 bits per heavy atom. The Morgan fingerprint density at radius 2 is 2.24 bits per heavy atom. The number of rotatable bonds is 7. The fraction of sp³-hybridized carbons (Fsp3) is 0.643. The van der Waals surface area contributed by atoms with E-state index >= 15 is 0 Å². The Hall–Kier alpha value is -1.50. The average Bonchev–Trinajstić information content (AvgIpc) is 3.10. The molecule has 0 spiro atoms. The number of carboxylic acids is 1. The van der Waals surface area contributed by atoms with Crippen LogP contribution in [0.3, 0.4) is 0 Å². The quantitative estimate of drug-likeness (QED) is 0.795. The Labute approximate surface area is 127 Å². The highest BCUT2D eigenvalue weighted by molar-refractivity contribution is 7.99. The van der Waals surface area contributed by atoms with Gasteiger partial charge in [-0.2, -0.15) is 5.10 Å². The predicted octanol–water partition coefficient (Wildman–Crippen LogP) is 2.45. The van der Waals surface area contributed by atoms with Crippen molar-refractivity contribution in [2.24, 2.45) is 13.0 Å². The van der Waals surface area contributed by atoms with Crippen molar-refractivity contribution in [2.75, 3.05) is 5.75 Å².